The fraction of sp³-hybridized carbons (Fsp3) is 0.600. The highest BCUT2D eigenvalue weighted by molar-refractivity contribution is 7.91. The number of nitriles is 1. The lowest BCUT2D eigenvalue weighted by Gasteiger charge is -2.09. The predicted molar refractivity (Wildman–Crippen MR) is 67.3 cm³/mol. The molecule has 1 unspecified atom stereocenters. The first-order valence-electron chi connectivity index (χ1n) is 5.69. The fourth-order valence-corrected chi connectivity index (χ4v) is 2.84. The Balaban J connectivity index is 3.14. The van der Waals surface area contributed by atoms with Gasteiger partial charge >= 0.3 is 5.82 Å². The van der Waals surface area contributed by atoms with E-state index in [9.17, 15) is 18.5 Å². The molecule has 1 aromatic heterocycles. The molecule has 0 aliphatic heterocycles. The largest absolute Gasteiger partial charge is 0.359 e. The first kappa shape index (κ1) is 15.1. The second-order valence-corrected chi connectivity index (χ2v) is 6.39. The highest BCUT2D eigenvalue weighted by Crippen LogP contribution is 2.23. The number of nitro groups is 1. The van der Waals surface area contributed by atoms with E-state index in [2.05, 4.69) is 9.97 Å². The van der Waals surface area contributed by atoms with E-state index in [0.29, 0.717) is 6.42 Å². The fourth-order valence-electron chi connectivity index (χ4n) is 1.60. The summed E-state index contributed by atoms with van der Waals surface area (Å²) in [6.45, 7) is 3.30. The molecule has 1 heterocycles. The van der Waals surface area contributed by atoms with Gasteiger partial charge in [-0.05, 0) is 11.3 Å². The Morgan fingerprint density at radius 3 is 2.53 bits per heavy atom. The molecule has 1 N–H and O–H groups in total. The summed E-state index contributed by atoms with van der Waals surface area (Å²) < 4.78 is 23.2. The van der Waals surface area contributed by atoms with Gasteiger partial charge in [-0.25, -0.2) is 13.4 Å². The van der Waals surface area contributed by atoms with Gasteiger partial charge in [0, 0.05) is 5.75 Å². The standard InChI is InChI=1S/C10H14N4O4S/c1-3-7(6-19(17,18)4-2)9-12-8(5-11)10(13-9)14(15)16/h7H,3-4,6H2,1-2H3,(H,12,13). The smallest absolute Gasteiger partial charge is 0.358 e. The summed E-state index contributed by atoms with van der Waals surface area (Å²) in [5, 5.41) is 19.5. The Labute approximate surface area is 110 Å². The third kappa shape index (κ3) is 3.51. The van der Waals surface area contributed by atoms with Gasteiger partial charge in [0.05, 0.1) is 11.7 Å². The van der Waals surface area contributed by atoms with Crippen molar-refractivity contribution in [2.45, 2.75) is 26.2 Å². The van der Waals surface area contributed by atoms with E-state index in [4.69, 9.17) is 5.26 Å². The summed E-state index contributed by atoms with van der Waals surface area (Å²) in [4.78, 5) is 16.2. The summed E-state index contributed by atoms with van der Waals surface area (Å²) >= 11 is 0. The number of aromatic nitrogens is 2. The van der Waals surface area contributed by atoms with Gasteiger partial charge in [-0.1, -0.05) is 13.8 Å². The third-order valence-corrected chi connectivity index (χ3v) is 4.56. The van der Waals surface area contributed by atoms with Gasteiger partial charge < -0.3 is 10.1 Å². The van der Waals surface area contributed by atoms with Crippen molar-refractivity contribution in [1.29, 1.82) is 5.26 Å². The lowest BCUT2D eigenvalue weighted by Crippen LogP contribution is -2.17. The zero-order valence-electron chi connectivity index (χ0n) is 10.6. The summed E-state index contributed by atoms with van der Waals surface area (Å²) in [6.07, 6.45) is 0.453. The Morgan fingerprint density at radius 1 is 1.53 bits per heavy atom. The maximum absolute atomic E-state index is 11.6. The molecule has 0 spiro atoms. The molecule has 0 saturated carbocycles. The number of nitrogens with one attached hydrogen (secondary N) is 1. The zero-order valence-corrected chi connectivity index (χ0v) is 11.4. The van der Waals surface area contributed by atoms with E-state index in [1.54, 1.807) is 13.0 Å². The van der Waals surface area contributed by atoms with Crippen LogP contribution in [0.25, 0.3) is 0 Å². The van der Waals surface area contributed by atoms with Gasteiger partial charge in [-0.3, -0.25) is 0 Å². The van der Waals surface area contributed by atoms with Gasteiger partial charge in [0.15, 0.2) is 15.7 Å². The summed E-state index contributed by atoms with van der Waals surface area (Å²) in [5.41, 5.74) is -0.327. The van der Waals surface area contributed by atoms with Gasteiger partial charge in [0.1, 0.15) is 6.07 Å². The van der Waals surface area contributed by atoms with Gasteiger partial charge in [-0.2, -0.15) is 10.2 Å². The van der Waals surface area contributed by atoms with Crippen molar-refractivity contribution in [3.63, 3.8) is 0 Å². The van der Waals surface area contributed by atoms with Crippen LogP contribution in [0.4, 0.5) is 5.82 Å². The van der Waals surface area contributed by atoms with E-state index < -0.39 is 26.5 Å². The minimum atomic E-state index is -3.22. The Morgan fingerprint density at radius 2 is 2.16 bits per heavy atom. The van der Waals surface area contributed by atoms with Crippen molar-refractivity contribution < 1.29 is 13.3 Å². The van der Waals surface area contributed by atoms with Crippen LogP contribution in [0.2, 0.25) is 0 Å². The quantitative estimate of drug-likeness (QED) is 0.616. The van der Waals surface area contributed by atoms with Crippen LogP contribution < -0.4 is 0 Å². The number of rotatable bonds is 6. The third-order valence-electron chi connectivity index (χ3n) is 2.77. The second kappa shape index (κ2) is 5.79. The summed E-state index contributed by atoms with van der Waals surface area (Å²) in [6, 6.07) is 1.62. The minimum Gasteiger partial charge on any atom is -0.358 e. The van der Waals surface area contributed by atoms with Crippen LogP contribution in [0.15, 0.2) is 0 Å². The molecule has 0 amide bonds. The molecule has 0 aliphatic rings. The molecule has 0 bridgehead atoms. The molecule has 0 aromatic carbocycles. The number of hydrogen-bond acceptors (Lipinski definition) is 6. The molecule has 9 heteroatoms. The van der Waals surface area contributed by atoms with Crippen LogP contribution in [0.1, 0.15) is 37.7 Å². The van der Waals surface area contributed by atoms with Crippen LogP contribution in [0.3, 0.4) is 0 Å². The molecule has 8 nitrogen and oxygen atoms in total. The molecule has 1 rings (SSSR count). The topological polar surface area (TPSA) is 130 Å². The van der Waals surface area contributed by atoms with Crippen molar-refractivity contribution in [2.24, 2.45) is 0 Å². The Hall–Kier alpha value is -1.95. The molecule has 1 aromatic rings. The molecule has 104 valence electrons. The van der Waals surface area contributed by atoms with E-state index in [-0.39, 0.29) is 23.0 Å². The molecule has 0 aliphatic carbocycles. The summed E-state index contributed by atoms with van der Waals surface area (Å²) in [7, 11) is -3.22. The number of sulfone groups is 1. The average molecular weight is 286 g/mol. The van der Waals surface area contributed by atoms with Crippen molar-refractivity contribution in [3.8, 4) is 6.07 Å². The van der Waals surface area contributed by atoms with Crippen LogP contribution >= 0.6 is 0 Å². The van der Waals surface area contributed by atoms with Crippen LogP contribution in [-0.4, -0.2) is 34.8 Å². The van der Waals surface area contributed by atoms with E-state index >= 15 is 0 Å². The molecular formula is C10H14N4O4S. The normalized spacial score (nSPS) is 12.9. The van der Waals surface area contributed by atoms with Crippen molar-refractivity contribution in [3.05, 3.63) is 21.6 Å². The Bertz CT molecular complexity index is 614. The number of aromatic amines is 1. The SMILES string of the molecule is CCC(CS(=O)(=O)CC)c1nc(C#N)c([N+](=O)[O-])[nH]1. The molecule has 0 radical (unpaired) electrons. The highest BCUT2D eigenvalue weighted by atomic mass is 32.2. The van der Waals surface area contributed by atoms with Gasteiger partial charge in [0.25, 0.3) is 0 Å². The maximum atomic E-state index is 11.6. The first-order chi connectivity index (χ1) is 8.84. The molecular weight excluding hydrogens is 272 g/mol. The lowest BCUT2D eigenvalue weighted by atomic mass is 10.1. The highest BCUT2D eigenvalue weighted by Gasteiger charge is 2.27. The number of H-pyrrole nitrogens is 1. The maximum Gasteiger partial charge on any atom is 0.359 e. The second-order valence-electron chi connectivity index (χ2n) is 3.99. The van der Waals surface area contributed by atoms with E-state index in [1.807, 2.05) is 0 Å². The van der Waals surface area contributed by atoms with E-state index in [0.717, 1.165) is 0 Å². The zero-order chi connectivity index (χ0) is 14.6. The number of nitrogens with zero attached hydrogens (tertiary/aromatic N) is 3. The molecule has 19 heavy (non-hydrogen) atoms. The number of imidazole rings is 1. The monoisotopic (exact) mass is 286 g/mol. The minimum absolute atomic E-state index is 0.00257. The molecule has 1 atom stereocenters. The molecule has 0 fully saturated rings. The van der Waals surface area contributed by atoms with E-state index in [1.165, 1.54) is 6.92 Å². The van der Waals surface area contributed by atoms with Gasteiger partial charge in [0.2, 0.25) is 5.69 Å². The van der Waals surface area contributed by atoms with Crippen molar-refractivity contribution in [2.75, 3.05) is 11.5 Å². The Kier molecular flexibility index (Phi) is 4.61. The van der Waals surface area contributed by atoms with Crippen LogP contribution in [-0.2, 0) is 9.84 Å². The van der Waals surface area contributed by atoms with Crippen LogP contribution in [0, 0.1) is 21.4 Å². The van der Waals surface area contributed by atoms with Crippen LogP contribution in [0.5, 0.6) is 0 Å². The predicted octanol–water partition coefficient (Wildman–Crippen LogP) is 1.12. The number of hydrogen-bond donors (Lipinski definition) is 1. The lowest BCUT2D eigenvalue weighted by molar-refractivity contribution is -0.389. The van der Waals surface area contributed by atoms with Gasteiger partial charge in [-0.15, -0.1) is 0 Å². The molecule has 0 saturated heterocycles. The average Bonchev–Trinajstić information content (AvgIpc) is 2.80. The van der Waals surface area contributed by atoms with Crippen molar-refractivity contribution >= 4 is 15.7 Å². The summed E-state index contributed by atoms with van der Waals surface area (Å²) in [5.74, 6) is -0.953. The first-order valence-corrected chi connectivity index (χ1v) is 7.51. The van der Waals surface area contributed by atoms with Crippen molar-refractivity contribution in [1.82, 2.24) is 9.97 Å².